The first-order chi connectivity index (χ1) is 24.1. The van der Waals surface area contributed by atoms with Crippen LogP contribution < -0.4 is 15.4 Å². The highest BCUT2D eigenvalue weighted by Gasteiger charge is 2.49. The number of hydrogen-bond donors (Lipinski definition) is 3. The monoisotopic (exact) mass is 719 g/mol. The van der Waals surface area contributed by atoms with Gasteiger partial charge < -0.3 is 35.0 Å². The summed E-state index contributed by atoms with van der Waals surface area (Å²) in [6.45, 7) is 10.9. The van der Waals surface area contributed by atoms with Gasteiger partial charge in [-0.3, -0.25) is 19.3 Å². The number of amides is 4. The van der Waals surface area contributed by atoms with E-state index in [0.29, 0.717) is 44.8 Å². The van der Waals surface area contributed by atoms with E-state index in [2.05, 4.69) is 15.5 Å². The van der Waals surface area contributed by atoms with Gasteiger partial charge in [0.05, 0.1) is 24.7 Å². The Hall–Kier alpha value is -3.52. The number of carboxylic acid groups (broad SMARTS) is 1. The molecule has 1 aromatic carbocycles. The molecule has 3 heterocycles. The fraction of sp³-hybridized carbons (Fsp3) is 0.730. The summed E-state index contributed by atoms with van der Waals surface area (Å²) in [5, 5.41) is 16.0. The molecule has 3 fully saturated rings. The fourth-order valence-electron chi connectivity index (χ4n) is 8.09. The van der Waals surface area contributed by atoms with E-state index < -0.39 is 66.1 Å². The molecule has 0 unspecified atom stereocenters. The zero-order valence-corrected chi connectivity index (χ0v) is 30.5. The Morgan fingerprint density at radius 2 is 1.78 bits per heavy atom. The van der Waals surface area contributed by atoms with Gasteiger partial charge in [0.1, 0.15) is 17.8 Å². The van der Waals surface area contributed by atoms with E-state index in [-0.39, 0.29) is 56.6 Å². The Balaban J connectivity index is 1.43. The van der Waals surface area contributed by atoms with Crippen LogP contribution in [0.5, 0.6) is 5.75 Å². The fourth-order valence-corrected chi connectivity index (χ4v) is 8.09. The molecular weight excluding hydrogens is 664 g/mol. The molecule has 14 heteroatoms. The molecule has 12 nitrogen and oxygen atoms in total. The molecule has 5 rings (SSSR count). The van der Waals surface area contributed by atoms with Crippen molar-refractivity contribution >= 4 is 23.8 Å². The number of alkyl halides is 2. The third kappa shape index (κ3) is 9.11. The van der Waals surface area contributed by atoms with E-state index >= 15 is 0 Å². The number of nitrogens with one attached hydrogen (secondary N) is 2. The topological polar surface area (TPSA) is 141 Å². The van der Waals surface area contributed by atoms with Gasteiger partial charge in [-0.15, -0.1) is 0 Å². The minimum Gasteiger partial charge on any atom is -0.493 e. The number of carbonyl (C=O) groups excluding carboxylic acids is 3. The summed E-state index contributed by atoms with van der Waals surface area (Å²) in [6.07, 6.45) is -0.481. The van der Waals surface area contributed by atoms with E-state index in [1.807, 2.05) is 31.2 Å². The Bertz CT molecular complexity index is 1410. The third-order valence-corrected chi connectivity index (χ3v) is 11.0. The molecule has 4 aliphatic rings. The van der Waals surface area contributed by atoms with Crippen molar-refractivity contribution in [2.75, 3.05) is 39.4 Å². The number of carbonyl (C=O) groups is 4. The van der Waals surface area contributed by atoms with Crippen LogP contribution in [0.1, 0.15) is 91.2 Å². The number of halogens is 2. The largest absolute Gasteiger partial charge is 0.493 e. The van der Waals surface area contributed by atoms with Crippen LogP contribution in [-0.2, 0) is 19.1 Å². The van der Waals surface area contributed by atoms with Crippen LogP contribution >= 0.6 is 0 Å². The van der Waals surface area contributed by atoms with Crippen LogP contribution in [-0.4, -0.2) is 119 Å². The Morgan fingerprint density at radius 1 is 1.08 bits per heavy atom. The smallest absolute Gasteiger partial charge is 0.407 e. The van der Waals surface area contributed by atoms with Crippen molar-refractivity contribution in [3.8, 4) is 5.75 Å². The lowest BCUT2D eigenvalue weighted by molar-refractivity contribution is -0.150. The molecule has 0 bridgehead atoms. The van der Waals surface area contributed by atoms with Crippen molar-refractivity contribution < 1.29 is 42.5 Å². The number of para-hydroxylation sites is 1. The highest BCUT2D eigenvalue weighted by atomic mass is 19.3. The zero-order valence-electron chi connectivity index (χ0n) is 30.5. The molecular formula is C37H55F2N5O7. The molecule has 3 N–H and O–H groups in total. The summed E-state index contributed by atoms with van der Waals surface area (Å²) in [6, 6.07) is 5.05. The first kappa shape index (κ1) is 38.7. The molecule has 1 saturated carbocycles. The van der Waals surface area contributed by atoms with Crippen molar-refractivity contribution in [2.45, 2.75) is 121 Å². The van der Waals surface area contributed by atoms with Gasteiger partial charge in [0.15, 0.2) is 0 Å². The lowest BCUT2D eigenvalue weighted by atomic mass is 9.81. The van der Waals surface area contributed by atoms with Gasteiger partial charge in [-0.25, -0.2) is 13.6 Å². The molecule has 51 heavy (non-hydrogen) atoms. The summed E-state index contributed by atoms with van der Waals surface area (Å²) in [5.41, 5.74) is 0.0704. The number of hydrogen-bond acceptors (Lipinski definition) is 7. The molecule has 2 saturated heterocycles. The first-order valence-electron chi connectivity index (χ1n) is 18.5. The Kier molecular flexibility index (Phi) is 12.2. The first-order valence-corrected chi connectivity index (χ1v) is 18.5. The second-order valence-electron chi connectivity index (χ2n) is 15.5. The summed E-state index contributed by atoms with van der Waals surface area (Å²) in [5.74, 6) is -4.86. The van der Waals surface area contributed by atoms with Gasteiger partial charge in [0, 0.05) is 69.2 Å². The molecule has 284 valence electrons. The van der Waals surface area contributed by atoms with Gasteiger partial charge in [0.25, 0.3) is 0 Å². The second kappa shape index (κ2) is 16.0. The van der Waals surface area contributed by atoms with E-state index in [0.717, 1.165) is 5.56 Å². The molecule has 0 radical (unpaired) electrons. The molecule has 4 amide bonds. The number of rotatable bonds is 11. The van der Waals surface area contributed by atoms with Crippen LogP contribution in [0.25, 0.3) is 0 Å². The summed E-state index contributed by atoms with van der Waals surface area (Å²) >= 11 is 0. The third-order valence-electron chi connectivity index (χ3n) is 11.0. The van der Waals surface area contributed by atoms with E-state index in [9.17, 15) is 33.1 Å². The predicted molar refractivity (Wildman–Crippen MR) is 185 cm³/mol. The predicted octanol–water partition coefficient (Wildman–Crippen LogP) is 4.43. The molecule has 1 aromatic rings. The Labute approximate surface area is 299 Å². The molecule has 0 spiro atoms. The van der Waals surface area contributed by atoms with Crippen molar-refractivity contribution in [2.24, 2.45) is 11.8 Å². The number of nitrogens with zero attached hydrogens (tertiary/aromatic N) is 3. The van der Waals surface area contributed by atoms with E-state index in [4.69, 9.17) is 9.47 Å². The van der Waals surface area contributed by atoms with Crippen molar-refractivity contribution in [1.82, 2.24) is 25.3 Å². The minimum atomic E-state index is -2.86. The van der Waals surface area contributed by atoms with E-state index in [1.54, 1.807) is 32.6 Å². The summed E-state index contributed by atoms with van der Waals surface area (Å²) in [4.78, 5) is 60.2. The standard InChI is InChI=1S/C37H55F2N5O7/c1-6-23(19-44(35(48)49)36(3,4)5)32(45)41-31(24-12-15-37(38,39)16-13-24)34(47)43-20-25-18-26(50-7-2)21-42(25)22-29(43)33(46)40-28-14-17-51-30-11-9-8-10-27(28)30/h8-11,23-26,28-29,31H,6-7,12-22H2,1-5H3,(H,40,46)(H,41,45)(H,48,49)/t23-,25+,26+,28+,29-,31-/m0/s1. The average molecular weight is 720 g/mol. The van der Waals surface area contributed by atoms with Gasteiger partial charge in [-0.2, -0.15) is 0 Å². The highest BCUT2D eigenvalue weighted by molar-refractivity contribution is 5.93. The Morgan fingerprint density at radius 3 is 2.43 bits per heavy atom. The lowest BCUT2D eigenvalue weighted by Crippen LogP contribution is -2.66. The number of benzene rings is 1. The maximum atomic E-state index is 14.9. The van der Waals surface area contributed by atoms with Crippen LogP contribution in [0, 0.1) is 11.8 Å². The van der Waals surface area contributed by atoms with Gasteiger partial charge in [-0.05, 0) is 65.4 Å². The maximum absolute atomic E-state index is 14.9. The molecule has 1 aliphatic carbocycles. The number of ether oxygens (including phenoxy) is 2. The minimum absolute atomic E-state index is 0.0231. The maximum Gasteiger partial charge on any atom is 0.407 e. The van der Waals surface area contributed by atoms with Crippen LogP contribution in [0.4, 0.5) is 13.6 Å². The van der Waals surface area contributed by atoms with E-state index in [1.165, 1.54) is 4.90 Å². The molecule has 3 aliphatic heterocycles. The SMILES string of the molecule is CCO[C@@H]1C[C@@H]2CN(C(=O)[C@@H](NC(=O)[C@@H](CC)CN(C(=O)O)C(C)(C)C)C3CCC(F)(F)CC3)[C@H](C(=O)N[C@@H]3CCOc4ccccc43)CN2C1. The van der Waals surface area contributed by atoms with Crippen molar-refractivity contribution in [3.63, 3.8) is 0 Å². The number of piperazine rings is 1. The normalized spacial score (nSPS) is 26.2. The lowest BCUT2D eigenvalue weighted by Gasteiger charge is -2.45. The molecule has 6 atom stereocenters. The average Bonchev–Trinajstić information content (AvgIpc) is 3.48. The van der Waals surface area contributed by atoms with Crippen LogP contribution in [0.15, 0.2) is 24.3 Å². The van der Waals surface area contributed by atoms with Gasteiger partial charge >= 0.3 is 6.09 Å². The highest BCUT2D eigenvalue weighted by Crippen LogP contribution is 2.39. The summed E-state index contributed by atoms with van der Waals surface area (Å²) < 4.78 is 40.5. The van der Waals surface area contributed by atoms with Gasteiger partial charge in [-0.1, -0.05) is 25.1 Å². The van der Waals surface area contributed by atoms with Crippen LogP contribution in [0.2, 0.25) is 0 Å². The van der Waals surface area contributed by atoms with Crippen LogP contribution in [0.3, 0.4) is 0 Å². The second-order valence-corrected chi connectivity index (χ2v) is 15.5. The van der Waals surface area contributed by atoms with Crippen molar-refractivity contribution in [1.29, 1.82) is 0 Å². The van der Waals surface area contributed by atoms with Crippen molar-refractivity contribution in [3.05, 3.63) is 29.8 Å². The quantitative estimate of drug-likeness (QED) is 0.305. The molecule has 0 aromatic heterocycles. The number of fused-ring (bicyclic) bond motifs is 2. The summed E-state index contributed by atoms with van der Waals surface area (Å²) in [7, 11) is 0. The van der Waals surface area contributed by atoms with Gasteiger partial charge in [0.2, 0.25) is 23.6 Å². The zero-order chi connectivity index (χ0) is 37.1.